The molecule has 0 saturated heterocycles. The average Bonchev–Trinajstić information content (AvgIpc) is 2.17. The number of carbonyl (C=O) groups excluding carboxylic acids is 1. The number of benzene rings is 1. The maximum absolute atomic E-state index is 11.8. The molecule has 15 heavy (non-hydrogen) atoms. The Hall–Kier alpha value is -1.37. The lowest BCUT2D eigenvalue weighted by atomic mass is 10.2. The number of halogens is 3. The molecule has 3 nitrogen and oxygen atoms in total. The van der Waals surface area contributed by atoms with Crippen LogP contribution >= 0.6 is 0 Å². The van der Waals surface area contributed by atoms with Crippen LogP contribution < -0.4 is 4.72 Å². The molecule has 0 fully saturated rings. The number of amides is 1. The fourth-order valence-corrected chi connectivity index (χ4v) is 1.19. The predicted octanol–water partition coefficient (Wildman–Crippen LogP) is 1.60. The molecule has 1 unspecified atom stereocenters. The molecule has 0 bridgehead atoms. The molecular weight excluding hydrogens is 231 g/mol. The van der Waals surface area contributed by atoms with E-state index in [-0.39, 0.29) is 5.56 Å². The van der Waals surface area contributed by atoms with Crippen LogP contribution in [-0.2, 0) is 11.0 Å². The molecule has 0 spiro atoms. The Morgan fingerprint density at radius 1 is 1.20 bits per heavy atom. The van der Waals surface area contributed by atoms with Gasteiger partial charge in [0.1, 0.15) is 0 Å². The van der Waals surface area contributed by atoms with Gasteiger partial charge in [-0.25, -0.2) is 4.21 Å². The van der Waals surface area contributed by atoms with Gasteiger partial charge in [-0.2, -0.15) is 13.2 Å². The van der Waals surface area contributed by atoms with Gasteiger partial charge in [-0.05, 0) is 12.1 Å². The van der Waals surface area contributed by atoms with Crippen LogP contribution in [0.2, 0.25) is 0 Å². The summed E-state index contributed by atoms with van der Waals surface area (Å²) in [5.74, 6) is -1.02. The summed E-state index contributed by atoms with van der Waals surface area (Å²) in [6.07, 6.45) is 0. The van der Waals surface area contributed by atoms with E-state index in [1.54, 1.807) is 6.07 Å². The Morgan fingerprint density at radius 3 is 2.20 bits per heavy atom. The van der Waals surface area contributed by atoms with Gasteiger partial charge in [0.2, 0.25) is 11.0 Å². The van der Waals surface area contributed by atoms with Gasteiger partial charge in [0.25, 0.3) is 5.91 Å². The van der Waals surface area contributed by atoms with E-state index in [9.17, 15) is 22.2 Å². The molecular formula is C8H6F3NO2S. The molecule has 82 valence electrons. The van der Waals surface area contributed by atoms with Crippen LogP contribution in [0.1, 0.15) is 10.4 Å². The maximum Gasteiger partial charge on any atom is 0.490 e. The van der Waals surface area contributed by atoms with Crippen LogP contribution in [0, 0.1) is 0 Å². The van der Waals surface area contributed by atoms with Crippen LogP contribution in [0.5, 0.6) is 0 Å². The summed E-state index contributed by atoms with van der Waals surface area (Å²) in [6.45, 7) is 0. The predicted molar refractivity (Wildman–Crippen MR) is 48.1 cm³/mol. The molecule has 0 radical (unpaired) electrons. The van der Waals surface area contributed by atoms with Gasteiger partial charge in [0.15, 0.2) is 0 Å². The van der Waals surface area contributed by atoms with Gasteiger partial charge in [-0.3, -0.25) is 9.52 Å². The number of hydrogen-bond acceptors (Lipinski definition) is 2. The Kier molecular flexibility index (Phi) is 3.46. The molecule has 0 aliphatic rings. The van der Waals surface area contributed by atoms with Crippen molar-refractivity contribution in [3.05, 3.63) is 35.9 Å². The minimum Gasteiger partial charge on any atom is -0.268 e. The van der Waals surface area contributed by atoms with Gasteiger partial charge < -0.3 is 0 Å². The van der Waals surface area contributed by atoms with Crippen LogP contribution in [0.3, 0.4) is 0 Å². The second-order valence-corrected chi connectivity index (χ2v) is 3.72. The van der Waals surface area contributed by atoms with Crippen LogP contribution in [0.25, 0.3) is 0 Å². The van der Waals surface area contributed by atoms with Crippen molar-refractivity contribution in [2.75, 3.05) is 0 Å². The molecule has 0 aliphatic carbocycles. The summed E-state index contributed by atoms with van der Waals surface area (Å²) in [5.41, 5.74) is -4.92. The summed E-state index contributed by atoms with van der Waals surface area (Å²) < 4.78 is 47.3. The molecule has 0 aromatic heterocycles. The highest BCUT2D eigenvalue weighted by atomic mass is 32.2. The summed E-state index contributed by atoms with van der Waals surface area (Å²) >= 11 is 0. The quantitative estimate of drug-likeness (QED) is 0.849. The van der Waals surface area contributed by atoms with Gasteiger partial charge in [0.05, 0.1) is 0 Å². The minimum atomic E-state index is -4.94. The summed E-state index contributed by atoms with van der Waals surface area (Å²) in [5, 5.41) is 0. The zero-order chi connectivity index (χ0) is 11.5. The van der Waals surface area contributed by atoms with E-state index in [4.69, 9.17) is 0 Å². The van der Waals surface area contributed by atoms with E-state index in [0.29, 0.717) is 0 Å². The van der Waals surface area contributed by atoms with Crippen LogP contribution in [-0.4, -0.2) is 15.6 Å². The Balaban J connectivity index is 2.70. The summed E-state index contributed by atoms with van der Waals surface area (Å²) in [6, 6.07) is 7.24. The number of alkyl halides is 3. The lowest BCUT2D eigenvalue weighted by molar-refractivity contribution is -0.0393. The van der Waals surface area contributed by atoms with Crippen molar-refractivity contribution in [2.24, 2.45) is 0 Å². The highest BCUT2D eigenvalue weighted by Gasteiger charge is 2.38. The number of rotatable bonds is 2. The smallest absolute Gasteiger partial charge is 0.268 e. The van der Waals surface area contributed by atoms with E-state index in [0.717, 1.165) is 0 Å². The SMILES string of the molecule is O=C(NS(=O)C(F)(F)F)c1ccccc1. The highest BCUT2D eigenvalue weighted by Crippen LogP contribution is 2.18. The third-order valence-electron chi connectivity index (χ3n) is 1.43. The Labute approximate surface area is 85.9 Å². The molecule has 0 heterocycles. The molecule has 0 saturated carbocycles. The lowest BCUT2D eigenvalue weighted by Gasteiger charge is -2.06. The van der Waals surface area contributed by atoms with E-state index >= 15 is 0 Å². The third kappa shape index (κ3) is 3.35. The van der Waals surface area contributed by atoms with E-state index in [2.05, 4.69) is 0 Å². The summed E-state index contributed by atoms with van der Waals surface area (Å²) in [4.78, 5) is 11.1. The monoisotopic (exact) mass is 237 g/mol. The zero-order valence-electron chi connectivity index (χ0n) is 7.25. The highest BCUT2D eigenvalue weighted by molar-refractivity contribution is 7.84. The first kappa shape index (κ1) is 11.7. The van der Waals surface area contributed by atoms with Crippen molar-refractivity contribution in [1.82, 2.24) is 4.72 Å². The van der Waals surface area contributed by atoms with Crippen LogP contribution in [0.4, 0.5) is 13.2 Å². The Morgan fingerprint density at radius 2 is 1.73 bits per heavy atom. The fraction of sp³-hybridized carbons (Fsp3) is 0.125. The molecule has 1 N–H and O–H groups in total. The Bertz CT molecular complexity index is 377. The van der Waals surface area contributed by atoms with E-state index < -0.39 is 22.4 Å². The first-order valence-electron chi connectivity index (χ1n) is 3.76. The van der Waals surface area contributed by atoms with Crippen molar-refractivity contribution < 1.29 is 22.2 Å². The lowest BCUT2D eigenvalue weighted by Crippen LogP contribution is -2.34. The maximum atomic E-state index is 11.8. The van der Waals surface area contributed by atoms with Crippen molar-refractivity contribution in [2.45, 2.75) is 5.51 Å². The normalized spacial score (nSPS) is 13.3. The van der Waals surface area contributed by atoms with E-state index in [1.807, 2.05) is 0 Å². The minimum absolute atomic E-state index is 0.0232. The first-order chi connectivity index (χ1) is 6.91. The molecule has 1 atom stereocenters. The standard InChI is InChI=1S/C8H6F3NO2S/c9-8(10,11)15(14)12-7(13)6-4-2-1-3-5-6/h1-5H,(H,12,13). The second-order valence-electron chi connectivity index (χ2n) is 2.51. The van der Waals surface area contributed by atoms with Gasteiger partial charge in [-0.1, -0.05) is 18.2 Å². The van der Waals surface area contributed by atoms with Crippen molar-refractivity contribution in [3.8, 4) is 0 Å². The molecule has 1 rings (SSSR count). The van der Waals surface area contributed by atoms with Gasteiger partial charge in [-0.15, -0.1) is 0 Å². The largest absolute Gasteiger partial charge is 0.490 e. The summed E-state index contributed by atoms with van der Waals surface area (Å²) in [7, 11) is -3.37. The number of carbonyl (C=O) groups is 1. The number of nitrogens with one attached hydrogen (secondary N) is 1. The third-order valence-corrected chi connectivity index (χ3v) is 2.22. The molecule has 0 aliphatic heterocycles. The molecule has 1 aromatic rings. The van der Waals surface area contributed by atoms with Gasteiger partial charge in [0, 0.05) is 5.56 Å². The zero-order valence-corrected chi connectivity index (χ0v) is 8.06. The van der Waals surface area contributed by atoms with Crippen molar-refractivity contribution in [1.29, 1.82) is 0 Å². The molecule has 1 amide bonds. The van der Waals surface area contributed by atoms with E-state index in [1.165, 1.54) is 29.0 Å². The van der Waals surface area contributed by atoms with Crippen LogP contribution in [0.15, 0.2) is 30.3 Å². The molecule has 7 heteroatoms. The second kappa shape index (κ2) is 4.43. The van der Waals surface area contributed by atoms with Crippen molar-refractivity contribution in [3.63, 3.8) is 0 Å². The number of hydrogen-bond donors (Lipinski definition) is 1. The molecule has 1 aromatic carbocycles. The van der Waals surface area contributed by atoms with Crippen molar-refractivity contribution >= 4 is 16.9 Å². The topological polar surface area (TPSA) is 46.2 Å². The first-order valence-corrected chi connectivity index (χ1v) is 4.91. The van der Waals surface area contributed by atoms with Gasteiger partial charge >= 0.3 is 5.51 Å². The average molecular weight is 237 g/mol. The fourth-order valence-electron chi connectivity index (χ4n) is 0.791.